The molecule has 1 heterocycles. The minimum atomic E-state index is -0.307. The molecule has 5 nitrogen and oxygen atoms in total. The first kappa shape index (κ1) is 5.87. The molecule has 0 saturated carbocycles. The third-order valence-corrected chi connectivity index (χ3v) is 1.09. The van der Waals surface area contributed by atoms with E-state index in [9.17, 15) is 4.79 Å². The van der Waals surface area contributed by atoms with E-state index in [0.717, 1.165) is 0 Å². The number of hydrogen-bond donors (Lipinski definition) is 3. The van der Waals surface area contributed by atoms with Crippen molar-refractivity contribution >= 4 is 12.0 Å². The normalized spacial score (nSPS) is 19.0. The summed E-state index contributed by atoms with van der Waals surface area (Å²) in [6, 6.07) is -0.307. The predicted molar refractivity (Wildman–Crippen MR) is 32.0 cm³/mol. The standard InChI is InChI=1S/C4H8N4O/c1-8-2-6-4(9)7-3(8)5/h2H2,1H3,(H3,5,6,7,9). The average Bonchev–Trinajstić information content (AvgIpc) is 1.80. The predicted octanol–water partition coefficient (Wildman–Crippen LogP) is -0.877. The molecule has 0 aromatic heterocycles. The lowest BCUT2D eigenvalue weighted by molar-refractivity contribution is 0.234. The molecule has 1 saturated heterocycles. The summed E-state index contributed by atoms with van der Waals surface area (Å²) in [5, 5.41) is 11.9. The SMILES string of the molecule is CN1CNC(=O)NC1=N. The molecule has 0 radical (unpaired) electrons. The summed E-state index contributed by atoms with van der Waals surface area (Å²) in [5.41, 5.74) is 0. The van der Waals surface area contributed by atoms with Crippen LogP contribution >= 0.6 is 0 Å². The van der Waals surface area contributed by atoms with Gasteiger partial charge in [0.25, 0.3) is 0 Å². The van der Waals surface area contributed by atoms with E-state index < -0.39 is 0 Å². The first-order chi connectivity index (χ1) is 4.20. The van der Waals surface area contributed by atoms with E-state index in [1.54, 1.807) is 11.9 Å². The number of amides is 2. The van der Waals surface area contributed by atoms with Crippen LogP contribution in [-0.4, -0.2) is 30.6 Å². The Morgan fingerprint density at radius 1 is 1.78 bits per heavy atom. The molecule has 5 heteroatoms. The third-order valence-electron chi connectivity index (χ3n) is 1.09. The summed E-state index contributed by atoms with van der Waals surface area (Å²) in [7, 11) is 1.72. The van der Waals surface area contributed by atoms with Crippen LogP contribution in [0.3, 0.4) is 0 Å². The highest BCUT2D eigenvalue weighted by atomic mass is 16.2. The molecule has 0 aliphatic carbocycles. The Kier molecular flexibility index (Phi) is 1.26. The number of nitrogens with zero attached hydrogens (tertiary/aromatic N) is 1. The molecule has 2 amide bonds. The molecule has 50 valence electrons. The molecule has 1 aliphatic rings. The number of guanidine groups is 1. The minimum Gasteiger partial charge on any atom is -0.328 e. The molecule has 0 aromatic carbocycles. The van der Waals surface area contributed by atoms with E-state index in [1.807, 2.05) is 0 Å². The van der Waals surface area contributed by atoms with Gasteiger partial charge in [0.15, 0.2) is 5.96 Å². The van der Waals surface area contributed by atoms with E-state index in [2.05, 4.69) is 10.6 Å². The number of nitrogens with one attached hydrogen (secondary N) is 3. The van der Waals surface area contributed by atoms with Gasteiger partial charge in [0.1, 0.15) is 0 Å². The second kappa shape index (κ2) is 1.93. The Balaban J connectivity index is 2.54. The van der Waals surface area contributed by atoms with E-state index in [4.69, 9.17) is 5.41 Å². The van der Waals surface area contributed by atoms with Crippen molar-refractivity contribution in [2.24, 2.45) is 0 Å². The van der Waals surface area contributed by atoms with E-state index in [-0.39, 0.29) is 12.0 Å². The van der Waals surface area contributed by atoms with Crippen molar-refractivity contribution in [1.82, 2.24) is 15.5 Å². The van der Waals surface area contributed by atoms with Gasteiger partial charge in [0, 0.05) is 7.05 Å². The molecule has 0 unspecified atom stereocenters. The zero-order valence-electron chi connectivity index (χ0n) is 5.06. The average molecular weight is 128 g/mol. The van der Waals surface area contributed by atoms with Crippen molar-refractivity contribution in [3.8, 4) is 0 Å². The van der Waals surface area contributed by atoms with Crippen LogP contribution < -0.4 is 10.6 Å². The van der Waals surface area contributed by atoms with Gasteiger partial charge in [-0.25, -0.2) is 4.79 Å². The number of carbonyl (C=O) groups excluding carboxylic acids is 1. The Morgan fingerprint density at radius 2 is 2.44 bits per heavy atom. The van der Waals surface area contributed by atoms with Crippen molar-refractivity contribution in [3.63, 3.8) is 0 Å². The fourth-order valence-electron chi connectivity index (χ4n) is 0.517. The highest BCUT2D eigenvalue weighted by molar-refractivity contribution is 5.96. The zero-order chi connectivity index (χ0) is 6.85. The molecule has 3 N–H and O–H groups in total. The van der Waals surface area contributed by atoms with Gasteiger partial charge < -0.3 is 10.2 Å². The molecular formula is C4H8N4O. The summed E-state index contributed by atoms with van der Waals surface area (Å²) < 4.78 is 0. The first-order valence-electron chi connectivity index (χ1n) is 2.54. The maximum atomic E-state index is 10.4. The second-order valence-corrected chi connectivity index (χ2v) is 1.84. The monoisotopic (exact) mass is 128 g/mol. The largest absolute Gasteiger partial charge is 0.328 e. The number of hydrogen-bond acceptors (Lipinski definition) is 2. The Morgan fingerprint density at radius 3 is 2.89 bits per heavy atom. The highest BCUT2D eigenvalue weighted by Gasteiger charge is 2.13. The van der Waals surface area contributed by atoms with E-state index >= 15 is 0 Å². The molecule has 9 heavy (non-hydrogen) atoms. The van der Waals surface area contributed by atoms with Gasteiger partial charge in [-0.2, -0.15) is 0 Å². The van der Waals surface area contributed by atoms with Crippen LogP contribution in [-0.2, 0) is 0 Å². The van der Waals surface area contributed by atoms with Crippen LogP contribution in [0.5, 0.6) is 0 Å². The first-order valence-corrected chi connectivity index (χ1v) is 2.54. The van der Waals surface area contributed by atoms with Crippen LogP contribution in [0.1, 0.15) is 0 Å². The molecule has 0 atom stereocenters. The minimum absolute atomic E-state index is 0.138. The Labute approximate surface area is 52.5 Å². The van der Waals surface area contributed by atoms with Crippen molar-refractivity contribution in [2.45, 2.75) is 0 Å². The molecule has 0 spiro atoms. The summed E-state index contributed by atoms with van der Waals surface area (Å²) in [6.07, 6.45) is 0. The molecular weight excluding hydrogens is 120 g/mol. The van der Waals surface area contributed by atoms with E-state index in [1.165, 1.54) is 0 Å². The molecule has 0 aromatic rings. The zero-order valence-corrected chi connectivity index (χ0v) is 5.06. The van der Waals surface area contributed by atoms with Gasteiger partial charge in [-0.3, -0.25) is 10.7 Å². The fraction of sp³-hybridized carbons (Fsp3) is 0.500. The number of rotatable bonds is 0. The van der Waals surface area contributed by atoms with Crippen LogP contribution in [0.4, 0.5) is 4.79 Å². The van der Waals surface area contributed by atoms with Crippen LogP contribution in [0.15, 0.2) is 0 Å². The van der Waals surface area contributed by atoms with Crippen molar-refractivity contribution in [1.29, 1.82) is 5.41 Å². The topological polar surface area (TPSA) is 68.2 Å². The summed E-state index contributed by atoms with van der Waals surface area (Å²) in [4.78, 5) is 12.0. The number of carbonyl (C=O) groups is 1. The van der Waals surface area contributed by atoms with Gasteiger partial charge in [-0.05, 0) is 0 Å². The second-order valence-electron chi connectivity index (χ2n) is 1.84. The van der Waals surface area contributed by atoms with E-state index in [0.29, 0.717) is 6.67 Å². The summed E-state index contributed by atoms with van der Waals surface area (Å²) >= 11 is 0. The fourth-order valence-corrected chi connectivity index (χ4v) is 0.517. The maximum absolute atomic E-state index is 10.4. The Hall–Kier alpha value is -1.26. The van der Waals surface area contributed by atoms with Crippen LogP contribution in [0, 0.1) is 5.41 Å². The lowest BCUT2D eigenvalue weighted by atomic mass is 10.6. The number of urea groups is 1. The lowest BCUT2D eigenvalue weighted by Crippen LogP contribution is -2.56. The van der Waals surface area contributed by atoms with Gasteiger partial charge in [-0.15, -0.1) is 0 Å². The van der Waals surface area contributed by atoms with Crippen molar-refractivity contribution in [2.75, 3.05) is 13.7 Å². The molecule has 1 rings (SSSR count). The smallest absolute Gasteiger partial charge is 0.322 e. The van der Waals surface area contributed by atoms with Crippen LogP contribution in [0.25, 0.3) is 0 Å². The van der Waals surface area contributed by atoms with Gasteiger partial charge in [0.05, 0.1) is 6.67 Å². The van der Waals surface area contributed by atoms with Crippen molar-refractivity contribution in [3.05, 3.63) is 0 Å². The third kappa shape index (κ3) is 1.10. The molecule has 1 fully saturated rings. The molecule has 0 bridgehead atoms. The van der Waals surface area contributed by atoms with Crippen LogP contribution in [0.2, 0.25) is 0 Å². The Bertz CT molecular complexity index is 155. The lowest BCUT2D eigenvalue weighted by Gasteiger charge is -2.25. The molecule has 1 aliphatic heterocycles. The summed E-state index contributed by atoms with van der Waals surface area (Å²) in [6.45, 7) is 0.407. The van der Waals surface area contributed by atoms with Gasteiger partial charge in [-0.1, -0.05) is 0 Å². The summed E-state index contributed by atoms with van der Waals surface area (Å²) in [5.74, 6) is 0.138. The van der Waals surface area contributed by atoms with Crippen molar-refractivity contribution < 1.29 is 4.79 Å². The van der Waals surface area contributed by atoms with Gasteiger partial charge in [0.2, 0.25) is 0 Å². The highest BCUT2D eigenvalue weighted by Crippen LogP contribution is 1.84. The van der Waals surface area contributed by atoms with Gasteiger partial charge >= 0.3 is 6.03 Å². The quantitative estimate of drug-likeness (QED) is 0.396. The maximum Gasteiger partial charge on any atom is 0.322 e.